The maximum atomic E-state index is 10.3. The Balaban J connectivity index is 1.48. The van der Waals surface area contributed by atoms with Crippen molar-refractivity contribution in [1.82, 2.24) is 40.1 Å². The number of phenols is 1. The van der Waals surface area contributed by atoms with Gasteiger partial charge in [0.25, 0.3) is 0 Å². The first-order valence-electron chi connectivity index (χ1n) is 12.5. The molecule has 0 aliphatic carbocycles. The van der Waals surface area contributed by atoms with Gasteiger partial charge in [-0.2, -0.15) is 4.80 Å². The Hall–Kier alpha value is -4.09. The molecule has 192 valence electrons. The van der Waals surface area contributed by atoms with Crippen molar-refractivity contribution >= 4 is 27.8 Å². The van der Waals surface area contributed by atoms with Gasteiger partial charge >= 0.3 is 0 Å². The Morgan fingerprint density at radius 1 is 1.11 bits per heavy atom. The summed E-state index contributed by atoms with van der Waals surface area (Å²) in [6.45, 7) is 3.43. The Bertz CT molecular complexity index is 1510. The Morgan fingerprint density at radius 3 is 2.73 bits per heavy atom. The normalized spacial score (nSPS) is 11.7. The minimum Gasteiger partial charge on any atom is -0.508 e. The largest absolute Gasteiger partial charge is 0.508 e. The van der Waals surface area contributed by atoms with Gasteiger partial charge in [-0.1, -0.05) is 30.3 Å². The van der Waals surface area contributed by atoms with Gasteiger partial charge in [0.1, 0.15) is 23.0 Å². The Labute approximate surface area is 214 Å². The third-order valence-corrected chi connectivity index (χ3v) is 6.36. The SMILES string of the molecule is CN(CCCN)CCCNc1nc(Cc2ccccc2O)nc2[nH]c3cc(-c4nnn(C)n4)ccc3c12. The van der Waals surface area contributed by atoms with Crippen molar-refractivity contribution in [3.05, 3.63) is 53.9 Å². The average molecular weight is 501 g/mol. The van der Waals surface area contributed by atoms with Crippen LogP contribution < -0.4 is 11.1 Å². The molecule has 5 aromatic rings. The van der Waals surface area contributed by atoms with Crippen molar-refractivity contribution in [2.45, 2.75) is 19.3 Å². The van der Waals surface area contributed by atoms with Crippen LogP contribution >= 0.6 is 0 Å². The van der Waals surface area contributed by atoms with Crippen LogP contribution in [0.25, 0.3) is 33.3 Å². The number of rotatable bonds is 11. The molecule has 11 heteroatoms. The first-order chi connectivity index (χ1) is 18.0. The van der Waals surface area contributed by atoms with Gasteiger partial charge in [-0.25, -0.2) is 9.97 Å². The fraction of sp³-hybridized carbons (Fsp3) is 0.346. The van der Waals surface area contributed by atoms with E-state index in [4.69, 9.17) is 15.7 Å². The van der Waals surface area contributed by atoms with E-state index >= 15 is 0 Å². The van der Waals surface area contributed by atoms with Crippen molar-refractivity contribution in [1.29, 1.82) is 0 Å². The van der Waals surface area contributed by atoms with Gasteiger partial charge < -0.3 is 26.0 Å². The van der Waals surface area contributed by atoms with Gasteiger partial charge in [0.2, 0.25) is 5.82 Å². The number of benzene rings is 2. The highest BCUT2D eigenvalue weighted by molar-refractivity contribution is 6.11. The van der Waals surface area contributed by atoms with Crippen LogP contribution in [0.1, 0.15) is 24.2 Å². The number of fused-ring (bicyclic) bond motifs is 3. The maximum Gasteiger partial charge on any atom is 0.204 e. The number of hydrogen-bond donors (Lipinski definition) is 4. The van der Waals surface area contributed by atoms with E-state index in [1.54, 1.807) is 13.1 Å². The molecule has 0 atom stereocenters. The first-order valence-corrected chi connectivity index (χ1v) is 12.5. The molecule has 0 aliphatic heterocycles. The molecule has 0 amide bonds. The van der Waals surface area contributed by atoms with Crippen molar-refractivity contribution < 1.29 is 5.11 Å². The van der Waals surface area contributed by atoms with E-state index in [1.165, 1.54) is 4.80 Å². The van der Waals surface area contributed by atoms with Crippen LogP contribution in [0.2, 0.25) is 0 Å². The van der Waals surface area contributed by atoms with Crippen LogP contribution in [0, 0.1) is 0 Å². The standard InChI is InChI=1S/C26H32N10O/c1-35(13-5-11-27)14-6-12-28-25-23-19-10-9-18(24-32-34-36(2)33-24)15-20(19)29-26(23)31-22(30-25)16-17-7-3-4-8-21(17)37/h3-4,7-10,15,37H,5-6,11-14,16,27H2,1-2H3,(H2,28,29,30,31). The van der Waals surface area contributed by atoms with Crippen LogP contribution in [0.5, 0.6) is 5.75 Å². The van der Waals surface area contributed by atoms with Gasteiger partial charge in [-0.05, 0) is 56.9 Å². The van der Waals surface area contributed by atoms with Gasteiger partial charge in [0.15, 0.2) is 0 Å². The van der Waals surface area contributed by atoms with E-state index in [2.05, 4.69) is 37.7 Å². The molecular weight excluding hydrogens is 468 g/mol. The third kappa shape index (κ3) is 5.52. The van der Waals surface area contributed by atoms with Crippen LogP contribution in [0.15, 0.2) is 42.5 Å². The lowest BCUT2D eigenvalue weighted by atomic mass is 10.1. The number of H-pyrrole nitrogens is 1. The van der Waals surface area contributed by atoms with Crippen molar-refractivity contribution in [3.63, 3.8) is 0 Å². The Kier molecular flexibility index (Phi) is 7.24. The number of aromatic hydroxyl groups is 1. The summed E-state index contributed by atoms with van der Waals surface area (Å²) < 4.78 is 0. The van der Waals surface area contributed by atoms with E-state index in [0.717, 1.165) is 71.4 Å². The molecule has 0 aliphatic rings. The van der Waals surface area contributed by atoms with Crippen LogP contribution in [0.3, 0.4) is 0 Å². The number of nitrogens with zero attached hydrogens (tertiary/aromatic N) is 7. The van der Waals surface area contributed by atoms with Gasteiger partial charge in [0, 0.05) is 35.0 Å². The highest BCUT2D eigenvalue weighted by atomic mass is 16.3. The topological polar surface area (TPSA) is 147 Å². The third-order valence-electron chi connectivity index (χ3n) is 6.36. The zero-order valence-corrected chi connectivity index (χ0v) is 21.1. The number of nitrogens with two attached hydrogens (primary N) is 1. The van der Waals surface area contributed by atoms with Crippen LogP contribution in [-0.2, 0) is 13.5 Å². The summed E-state index contributed by atoms with van der Waals surface area (Å²) in [6.07, 6.45) is 2.38. The number of para-hydroxylation sites is 1. The summed E-state index contributed by atoms with van der Waals surface area (Å²) in [5, 5.41) is 28.2. The predicted octanol–water partition coefficient (Wildman–Crippen LogP) is 2.68. The lowest BCUT2D eigenvalue weighted by Crippen LogP contribution is -2.24. The van der Waals surface area contributed by atoms with E-state index in [0.29, 0.717) is 24.6 Å². The molecule has 5 rings (SSSR count). The number of aromatic amines is 1. The molecule has 0 saturated carbocycles. The lowest BCUT2D eigenvalue weighted by molar-refractivity contribution is 0.330. The first kappa shape index (κ1) is 24.6. The molecule has 5 N–H and O–H groups in total. The molecule has 3 aromatic heterocycles. The second-order valence-corrected chi connectivity index (χ2v) is 9.23. The smallest absolute Gasteiger partial charge is 0.204 e. The number of nitrogens with one attached hydrogen (secondary N) is 2. The van der Waals surface area contributed by atoms with Gasteiger partial charge in [-0.3, -0.25) is 0 Å². The molecule has 0 spiro atoms. The highest BCUT2D eigenvalue weighted by Gasteiger charge is 2.16. The molecule has 3 heterocycles. The average Bonchev–Trinajstić information content (AvgIpc) is 3.49. The molecule has 0 saturated heterocycles. The summed E-state index contributed by atoms with van der Waals surface area (Å²) in [4.78, 5) is 16.9. The summed E-state index contributed by atoms with van der Waals surface area (Å²) in [5.41, 5.74) is 8.93. The Morgan fingerprint density at radius 2 is 1.95 bits per heavy atom. The van der Waals surface area contributed by atoms with Crippen molar-refractivity contribution in [2.75, 3.05) is 38.5 Å². The lowest BCUT2D eigenvalue weighted by Gasteiger charge is -2.16. The fourth-order valence-corrected chi connectivity index (χ4v) is 4.45. The van der Waals surface area contributed by atoms with Crippen molar-refractivity contribution in [3.8, 4) is 17.1 Å². The molecule has 0 fully saturated rings. The van der Waals surface area contributed by atoms with E-state index < -0.39 is 0 Å². The molecule has 0 unspecified atom stereocenters. The summed E-state index contributed by atoms with van der Waals surface area (Å²) in [7, 11) is 3.86. The second kappa shape index (κ2) is 10.9. The zero-order chi connectivity index (χ0) is 25.8. The molecule has 0 bridgehead atoms. The van der Waals surface area contributed by atoms with E-state index in [1.807, 2.05) is 36.4 Å². The van der Waals surface area contributed by atoms with Crippen molar-refractivity contribution in [2.24, 2.45) is 12.8 Å². The van der Waals surface area contributed by atoms with E-state index in [-0.39, 0.29) is 5.75 Å². The number of tetrazole rings is 1. The van der Waals surface area contributed by atoms with Gasteiger partial charge in [-0.15, -0.1) is 10.2 Å². The number of anilines is 1. The summed E-state index contributed by atoms with van der Waals surface area (Å²) in [6, 6.07) is 13.3. The minimum atomic E-state index is 0.235. The predicted molar refractivity (Wildman–Crippen MR) is 144 cm³/mol. The monoisotopic (exact) mass is 500 g/mol. The fourth-order valence-electron chi connectivity index (χ4n) is 4.45. The number of phenolic OH excluding ortho intramolecular Hbond substituents is 1. The van der Waals surface area contributed by atoms with Crippen LogP contribution in [0.4, 0.5) is 5.82 Å². The second-order valence-electron chi connectivity index (χ2n) is 9.23. The number of aromatic nitrogens is 7. The summed E-state index contributed by atoms with van der Waals surface area (Å²) >= 11 is 0. The zero-order valence-electron chi connectivity index (χ0n) is 21.1. The van der Waals surface area contributed by atoms with E-state index in [9.17, 15) is 5.11 Å². The highest BCUT2D eigenvalue weighted by Crippen LogP contribution is 2.32. The van der Waals surface area contributed by atoms with Gasteiger partial charge in [0.05, 0.1) is 12.4 Å². The number of hydrogen-bond acceptors (Lipinski definition) is 9. The molecule has 11 nitrogen and oxygen atoms in total. The molecular formula is C26H32N10O. The summed E-state index contributed by atoms with van der Waals surface area (Å²) in [5.74, 6) is 2.20. The minimum absolute atomic E-state index is 0.235. The maximum absolute atomic E-state index is 10.3. The molecule has 0 radical (unpaired) electrons. The van der Waals surface area contributed by atoms with Crippen LogP contribution in [-0.4, -0.2) is 78.4 Å². The quantitative estimate of drug-likeness (QED) is 0.201. The molecule has 2 aromatic carbocycles. The molecule has 37 heavy (non-hydrogen) atoms. The number of aryl methyl sites for hydroxylation is 1.